The summed E-state index contributed by atoms with van der Waals surface area (Å²) in [4.78, 5) is 26.7. The molecule has 4 atom stereocenters. The second kappa shape index (κ2) is 4.43. The minimum atomic E-state index is -0.178. The minimum absolute atomic E-state index is 0.0783. The second-order valence-electron chi connectivity index (χ2n) is 5.83. The number of hydrogen-bond acceptors (Lipinski definition) is 3. The fourth-order valence-electron chi connectivity index (χ4n) is 3.86. The number of nitrogen functional groups attached to an aromatic ring is 1. The fourth-order valence-corrected chi connectivity index (χ4v) is 5.02. The first-order chi connectivity index (χ1) is 9.99. The maximum absolute atomic E-state index is 12.7. The maximum Gasteiger partial charge on any atom is 0.238 e. The van der Waals surface area contributed by atoms with E-state index in [1.165, 1.54) is 4.90 Å². The van der Waals surface area contributed by atoms with E-state index in [2.05, 4.69) is 44.0 Å². The third kappa shape index (κ3) is 1.72. The van der Waals surface area contributed by atoms with Gasteiger partial charge >= 0.3 is 0 Å². The van der Waals surface area contributed by atoms with Crippen molar-refractivity contribution in [2.75, 3.05) is 10.6 Å². The number of carbonyl (C=O) groups excluding carboxylic acids is 2. The Bertz CT molecular complexity index is 663. The lowest BCUT2D eigenvalue weighted by Crippen LogP contribution is -2.32. The zero-order valence-electron chi connectivity index (χ0n) is 10.9. The normalized spacial score (nSPS) is 33.1. The van der Waals surface area contributed by atoms with Gasteiger partial charge in [0.2, 0.25) is 11.8 Å². The molecule has 4 nitrogen and oxygen atoms in total. The van der Waals surface area contributed by atoms with E-state index in [1.807, 2.05) is 0 Å². The SMILES string of the molecule is Nc1c(Br)cc(N2C(=O)[C@@H]3[C@H](C2=O)[C@H]2C=C[C@H]3C2)cc1Br. The van der Waals surface area contributed by atoms with Crippen molar-refractivity contribution >= 4 is 55.0 Å². The summed E-state index contributed by atoms with van der Waals surface area (Å²) in [5.41, 5.74) is 7.00. The molecule has 3 aliphatic rings. The van der Waals surface area contributed by atoms with Crippen molar-refractivity contribution in [2.24, 2.45) is 23.7 Å². The van der Waals surface area contributed by atoms with Gasteiger partial charge in [-0.2, -0.15) is 0 Å². The van der Waals surface area contributed by atoms with Crippen LogP contribution in [0, 0.1) is 23.7 Å². The highest BCUT2D eigenvalue weighted by Gasteiger charge is 2.59. The molecule has 2 N–H and O–H groups in total. The van der Waals surface area contributed by atoms with Crippen LogP contribution in [0.5, 0.6) is 0 Å². The number of nitrogens with zero attached hydrogens (tertiary/aromatic N) is 1. The van der Waals surface area contributed by atoms with Gasteiger partial charge in [0.1, 0.15) is 0 Å². The Balaban J connectivity index is 1.78. The first kappa shape index (κ1) is 13.5. The first-order valence-corrected chi connectivity index (χ1v) is 8.38. The Labute approximate surface area is 138 Å². The van der Waals surface area contributed by atoms with Crippen molar-refractivity contribution in [1.82, 2.24) is 0 Å². The molecule has 21 heavy (non-hydrogen) atoms. The minimum Gasteiger partial charge on any atom is -0.397 e. The lowest BCUT2D eigenvalue weighted by Gasteiger charge is -2.18. The van der Waals surface area contributed by atoms with Gasteiger partial charge in [0.05, 0.1) is 23.2 Å². The Kier molecular flexibility index (Phi) is 2.85. The monoisotopic (exact) mass is 410 g/mol. The number of nitrogens with two attached hydrogens (primary N) is 1. The number of carbonyl (C=O) groups is 2. The Morgan fingerprint density at radius 3 is 1.95 bits per heavy atom. The molecule has 2 aliphatic carbocycles. The van der Waals surface area contributed by atoms with Gasteiger partial charge < -0.3 is 5.73 Å². The Morgan fingerprint density at radius 1 is 1.00 bits per heavy atom. The average molecular weight is 412 g/mol. The van der Waals surface area contributed by atoms with Crippen LogP contribution in [0.3, 0.4) is 0 Å². The molecule has 1 aromatic carbocycles. The van der Waals surface area contributed by atoms with E-state index in [-0.39, 0.29) is 35.5 Å². The van der Waals surface area contributed by atoms with Gasteiger partial charge in [-0.25, -0.2) is 4.90 Å². The molecule has 2 fully saturated rings. The summed E-state index contributed by atoms with van der Waals surface area (Å²) < 4.78 is 1.34. The van der Waals surface area contributed by atoms with Gasteiger partial charge in [-0.15, -0.1) is 0 Å². The van der Waals surface area contributed by atoms with Gasteiger partial charge in [0.15, 0.2) is 0 Å². The summed E-state index contributed by atoms with van der Waals surface area (Å²) in [6, 6.07) is 3.46. The predicted octanol–water partition coefficient (Wildman–Crippen LogP) is 3.11. The first-order valence-electron chi connectivity index (χ1n) is 6.79. The van der Waals surface area contributed by atoms with Gasteiger partial charge in [0, 0.05) is 8.95 Å². The molecular weight excluding hydrogens is 400 g/mol. The largest absolute Gasteiger partial charge is 0.397 e. The summed E-state index contributed by atoms with van der Waals surface area (Å²) in [6.07, 6.45) is 5.13. The highest BCUT2D eigenvalue weighted by Crippen LogP contribution is 2.53. The van der Waals surface area contributed by atoms with Gasteiger partial charge in [0.25, 0.3) is 0 Å². The summed E-state index contributed by atoms with van der Waals surface area (Å²) in [5, 5.41) is 0. The zero-order valence-corrected chi connectivity index (χ0v) is 14.1. The molecular formula is C15H12Br2N2O2. The molecule has 0 spiro atoms. The van der Waals surface area contributed by atoms with Crippen molar-refractivity contribution < 1.29 is 9.59 Å². The van der Waals surface area contributed by atoms with Gasteiger partial charge in [-0.3, -0.25) is 9.59 Å². The molecule has 0 radical (unpaired) electrons. The van der Waals surface area contributed by atoms with Crippen LogP contribution in [0.4, 0.5) is 11.4 Å². The van der Waals surface area contributed by atoms with Crippen molar-refractivity contribution in [1.29, 1.82) is 0 Å². The third-order valence-corrected chi connectivity index (χ3v) is 6.10. The maximum atomic E-state index is 12.7. The lowest BCUT2D eigenvalue weighted by atomic mass is 9.85. The molecule has 2 amide bonds. The van der Waals surface area contributed by atoms with Crippen molar-refractivity contribution in [2.45, 2.75) is 6.42 Å². The summed E-state index contributed by atoms with van der Waals surface area (Å²) in [5.74, 6) is -0.0646. The standard InChI is InChI=1S/C15H12Br2N2O2/c16-9-4-8(5-10(17)13(9)18)19-14(20)11-6-1-2-7(3-6)12(11)15(19)21/h1-2,4-7,11-12H,3,18H2/t6-,7-,11-,12+/m0/s1. The van der Waals surface area contributed by atoms with Crippen LogP contribution < -0.4 is 10.6 Å². The molecule has 108 valence electrons. The second-order valence-corrected chi connectivity index (χ2v) is 7.54. The number of halogens is 2. The van der Waals surface area contributed by atoms with Crippen LogP contribution in [0.1, 0.15) is 6.42 Å². The van der Waals surface area contributed by atoms with Crippen LogP contribution in [-0.4, -0.2) is 11.8 Å². The zero-order chi connectivity index (χ0) is 14.9. The van der Waals surface area contributed by atoms with Crippen LogP contribution in [0.15, 0.2) is 33.2 Å². The van der Waals surface area contributed by atoms with Crippen LogP contribution in [0.2, 0.25) is 0 Å². The molecule has 1 saturated carbocycles. The summed E-state index contributed by atoms with van der Waals surface area (Å²) >= 11 is 6.73. The molecule has 0 aromatic heterocycles. The number of benzene rings is 1. The number of hydrogen-bond donors (Lipinski definition) is 1. The lowest BCUT2D eigenvalue weighted by molar-refractivity contribution is -0.123. The number of rotatable bonds is 1. The quantitative estimate of drug-likeness (QED) is 0.438. The fraction of sp³-hybridized carbons (Fsp3) is 0.333. The van der Waals surface area contributed by atoms with E-state index in [1.54, 1.807) is 12.1 Å². The Morgan fingerprint density at radius 2 is 1.48 bits per heavy atom. The predicted molar refractivity (Wildman–Crippen MR) is 86.5 cm³/mol. The third-order valence-electron chi connectivity index (χ3n) is 4.79. The van der Waals surface area contributed by atoms with Crippen molar-refractivity contribution in [3.05, 3.63) is 33.2 Å². The molecule has 2 bridgehead atoms. The average Bonchev–Trinajstić information content (AvgIpc) is 3.10. The highest BCUT2D eigenvalue weighted by molar-refractivity contribution is 9.11. The topological polar surface area (TPSA) is 63.4 Å². The number of allylic oxidation sites excluding steroid dienone is 2. The Hall–Kier alpha value is -1.14. The summed E-state index contributed by atoms with van der Waals surface area (Å²) in [6.45, 7) is 0. The van der Waals surface area contributed by atoms with Crippen LogP contribution in [0.25, 0.3) is 0 Å². The molecule has 1 heterocycles. The van der Waals surface area contributed by atoms with E-state index in [0.29, 0.717) is 20.3 Å². The van der Waals surface area contributed by atoms with E-state index in [9.17, 15) is 9.59 Å². The van der Waals surface area contributed by atoms with Crippen molar-refractivity contribution in [3.8, 4) is 0 Å². The van der Waals surface area contributed by atoms with Gasteiger partial charge in [-0.1, -0.05) is 12.2 Å². The van der Waals surface area contributed by atoms with Crippen LogP contribution in [-0.2, 0) is 9.59 Å². The van der Waals surface area contributed by atoms with E-state index >= 15 is 0 Å². The molecule has 4 rings (SSSR count). The van der Waals surface area contributed by atoms with E-state index < -0.39 is 0 Å². The van der Waals surface area contributed by atoms with Gasteiger partial charge in [-0.05, 0) is 62.2 Å². The van der Waals surface area contributed by atoms with Crippen LogP contribution >= 0.6 is 31.9 Å². The summed E-state index contributed by atoms with van der Waals surface area (Å²) in [7, 11) is 0. The smallest absolute Gasteiger partial charge is 0.238 e. The molecule has 0 unspecified atom stereocenters. The molecule has 1 aliphatic heterocycles. The number of fused-ring (bicyclic) bond motifs is 5. The number of amides is 2. The number of imide groups is 1. The van der Waals surface area contributed by atoms with E-state index in [0.717, 1.165) is 6.42 Å². The van der Waals surface area contributed by atoms with E-state index in [4.69, 9.17) is 5.73 Å². The van der Waals surface area contributed by atoms with Crippen molar-refractivity contribution in [3.63, 3.8) is 0 Å². The molecule has 1 aromatic rings. The highest BCUT2D eigenvalue weighted by atomic mass is 79.9. The number of anilines is 2. The molecule has 6 heteroatoms. The molecule has 1 saturated heterocycles.